The van der Waals surface area contributed by atoms with E-state index in [1.165, 1.54) is 12.7 Å². The summed E-state index contributed by atoms with van der Waals surface area (Å²) in [5, 5.41) is 31.5. The molecule has 3 aromatic rings. The third-order valence-corrected chi connectivity index (χ3v) is 7.56. The van der Waals surface area contributed by atoms with Crippen molar-refractivity contribution in [3.63, 3.8) is 0 Å². The third-order valence-electron chi connectivity index (χ3n) is 7.56. The quantitative estimate of drug-likeness (QED) is 0.350. The van der Waals surface area contributed by atoms with Gasteiger partial charge in [0.2, 0.25) is 0 Å². The van der Waals surface area contributed by atoms with E-state index in [4.69, 9.17) is 14.2 Å². The maximum absolute atomic E-state index is 11.3. The van der Waals surface area contributed by atoms with Crippen molar-refractivity contribution in [2.45, 2.75) is 63.6 Å². The molecule has 3 N–H and O–H groups in total. The molecule has 0 saturated carbocycles. The van der Waals surface area contributed by atoms with E-state index >= 15 is 0 Å². The van der Waals surface area contributed by atoms with Crippen LogP contribution in [-0.4, -0.2) is 35.6 Å². The van der Waals surface area contributed by atoms with Crippen LogP contribution in [0.15, 0.2) is 42.5 Å². The number of fused-ring (bicyclic) bond motifs is 5. The topological polar surface area (TPSA) is 88.4 Å². The molecule has 1 aliphatic heterocycles. The highest BCUT2D eigenvalue weighted by Crippen LogP contribution is 2.53. The van der Waals surface area contributed by atoms with Crippen molar-refractivity contribution < 1.29 is 29.5 Å². The van der Waals surface area contributed by atoms with Gasteiger partial charge in [-0.2, -0.15) is 0 Å². The van der Waals surface area contributed by atoms with E-state index in [1.807, 2.05) is 18.2 Å². The van der Waals surface area contributed by atoms with Gasteiger partial charge in [0.25, 0.3) is 0 Å². The van der Waals surface area contributed by atoms with Crippen molar-refractivity contribution in [2.75, 3.05) is 14.2 Å². The van der Waals surface area contributed by atoms with Gasteiger partial charge in [0.1, 0.15) is 23.4 Å². The average Bonchev–Trinajstić information content (AvgIpc) is 2.88. The molecule has 2 aliphatic rings. The van der Waals surface area contributed by atoms with Crippen molar-refractivity contribution in [1.29, 1.82) is 0 Å². The number of hydrogen-bond donors (Lipinski definition) is 3. The maximum Gasteiger partial charge on any atom is 0.160 e. The Morgan fingerprint density at radius 3 is 2.50 bits per heavy atom. The summed E-state index contributed by atoms with van der Waals surface area (Å²) in [6, 6.07) is 12.5. The van der Waals surface area contributed by atoms with Crippen LogP contribution in [-0.2, 0) is 12.8 Å². The Bertz CT molecular complexity index is 1270. The highest BCUT2D eigenvalue weighted by Gasteiger charge is 2.38. The van der Waals surface area contributed by atoms with Crippen LogP contribution in [0.25, 0.3) is 11.1 Å². The van der Waals surface area contributed by atoms with Gasteiger partial charge in [0.15, 0.2) is 11.5 Å². The molecule has 6 nitrogen and oxygen atoms in total. The van der Waals surface area contributed by atoms with E-state index in [0.29, 0.717) is 12.2 Å². The molecule has 1 aliphatic carbocycles. The second-order valence-corrected chi connectivity index (χ2v) is 9.82. The number of phenols is 2. The number of aliphatic hydroxyl groups is 1. The second-order valence-electron chi connectivity index (χ2n) is 9.82. The van der Waals surface area contributed by atoms with Crippen molar-refractivity contribution >= 4 is 0 Å². The van der Waals surface area contributed by atoms with Gasteiger partial charge in [-0.25, -0.2) is 0 Å². The molecule has 36 heavy (non-hydrogen) atoms. The molecule has 0 saturated heterocycles. The first kappa shape index (κ1) is 24.3. The van der Waals surface area contributed by atoms with Crippen molar-refractivity contribution in [1.82, 2.24) is 0 Å². The summed E-state index contributed by atoms with van der Waals surface area (Å²) >= 11 is 0. The summed E-state index contributed by atoms with van der Waals surface area (Å²) in [5.74, 6) is 2.35. The van der Waals surface area contributed by atoms with Gasteiger partial charge < -0.3 is 29.5 Å². The lowest BCUT2D eigenvalue weighted by Gasteiger charge is -2.37. The number of unbranched alkanes of at least 4 members (excludes halogenated alkanes) is 2. The molecule has 0 bridgehead atoms. The molecule has 3 atom stereocenters. The minimum atomic E-state index is -0.762. The van der Waals surface area contributed by atoms with E-state index in [9.17, 15) is 15.3 Å². The number of hydrogen-bond acceptors (Lipinski definition) is 6. The summed E-state index contributed by atoms with van der Waals surface area (Å²) in [5.41, 5.74) is 6.18. The van der Waals surface area contributed by atoms with Crippen molar-refractivity contribution in [3.05, 3.63) is 64.7 Å². The first-order valence-electron chi connectivity index (χ1n) is 12.7. The fourth-order valence-corrected chi connectivity index (χ4v) is 5.84. The normalized spacial score (nSPS) is 20.1. The first-order valence-corrected chi connectivity index (χ1v) is 12.7. The number of phenolic OH excluding ortho intramolecular Hbond substituents is 2. The molecule has 6 heteroatoms. The molecule has 190 valence electrons. The summed E-state index contributed by atoms with van der Waals surface area (Å²) < 4.78 is 17.6. The maximum atomic E-state index is 11.3. The van der Waals surface area contributed by atoms with Gasteiger partial charge in [-0.3, -0.25) is 0 Å². The Balaban J connectivity index is 1.63. The van der Waals surface area contributed by atoms with E-state index < -0.39 is 12.2 Å². The minimum Gasteiger partial charge on any atom is -0.508 e. The third kappa shape index (κ3) is 4.24. The SMILES string of the molecule is CCCCC[C@@H]1Cc2cc(O)ccc2-c2c(OC)cc3c(c21)C[C@@H](O)[C@H](c1ccc(O)c(OC)c1)O3. The molecular formula is C30H34O6. The summed E-state index contributed by atoms with van der Waals surface area (Å²) in [7, 11) is 3.17. The van der Waals surface area contributed by atoms with Gasteiger partial charge in [0.05, 0.1) is 20.3 Å². The predicted octanol–water partition coefficient (Wildman–Crippen LogP) is 6.04. The minimum absolute atomic E-state index is 0.0438. The average molecular weight is 491 g/mol. The monoisotopic (exact) mass is 490 g/mol. The number of aliphatic hydroxyl groups excluding tert-OH is 1. The zero-order valence-corrected chi connectivity index (χ0v) is 21.1. The van der Waals surface area contributed by atoms with Crippen LogP contribution in [0.1, 0.15) is 66.9 Å². The molecule has 0 spiro atoms. The fourth-order valence-electron chi connectivity index (χ4n) is 5.84. The van der Waals surface area contributed by atoms with Gasteiger partial charge in [0, 0.05) is 23.6 Å². The van der Waals surface area contributed by atoms with Gasteiger partial charge in [-0.05, 0) is 65.3 Å². The Morgan fingerprint density at radius 2 is 1.75 bits per heavy atom. The summed E-state index contributed by atoms with van der Waals surface area (Å²) in [6.07, 6.45) is 4.36. The van der Waals surface area contributed by atoms with Crippen LogP contribution in [0.3, 0.4) is 0 Å². The summed E-state index contributed by atoms with van der Waals surface area (Å²) in [6.45, 7) is 2.20. The molecule has 5 rings (SSSR count). The van der Waals surface area contributed by atoms with Gasteiger partial charge in [-0.15, -0.1) is 0 Å². The largest absolute Gasteiger partial charge is 0.508 e. The Labute approximate surface area is 212 Å². The molecule has 0 fully saturated rings. The Kier molecular flexibility index (Phi) is 6.71. The number of aromatic hydroxyl groups is 2. The van der Waals surface area contributed by atoms with Crippen LogP contribution >= 0.6 is 0 Å². The fraction of sp³-hybridized carbons (Fsp3) is 0.400. The molecule has 0 radical (unpaired) electrons. The standard InChI is InChI=1S/C30H34O6/c1-4-5-6-7-17-12-19-13-20(31)9-10-21(19)29-27(35-3)16-25-22(28(17)29)15-24(33)30(36-25)18-8-11-23(32)26(14-18)34-2/h8-11,13-14,16-17,24,30-33H,4-7,12,15H2,1-3H3/t17-,24-,30+/m1/s1. The molecular weight excluding hydrogens is 456 g/mol. The number of benzene rings is 3. The van der Waals surface area contributed by atoms with Gasteiger partial charge in [-0.1, -0.05) is 38.3 Å². The van der Waals surface area contributed by atoms with Crippen LogP contribution in [0.5, 0.6) is 28.7 Å². The Morgan fingerprint density at radius 1 is 0.944 bits per heavy atom. The molecule has 0 unspecified atom stereocenters. The van der Waals surface area contributed by atoms with Crippen LogP contribution in [0, 0.1) is 0 Å². The molecule has 0 aromatic heterocycles. The second kappa shape index (κ2) is 9.94. The van der Waals surface area contributed by atoms with E-state index in [-0.39, 0.29) is 17.4 Å². The highest BCUT2D eigenvalue weighted by molar-refractivity contribution is 5.83. The summed E-state index contributed by atoms with van der Waals surface area (Å²) in [4.78, 5) is 0. The first-order chi connectivity index (χ1) is 17.4. The van der Waals surface area contributed by atoms with Crippen LogP contribution in [0.4, 0.5) is 0 Å². The van der Waals surface area contributed by atoms with Crippen LogP contribution < -0.4 is 14.2 Å². The smallest absolute Gasteiger partial charge is 0.160 e. The zero-order valence-electron chi connectivity index (χ0n) is 21.1. The van der Waals surface area contributed by atoms with Crippen molar-refractivity contribution in [3.8, 4) is 39.9 Å². The molecule has 3 aromatic carbocycles. The number of ether oxygens (including phenoxy) is 3. The lowest BCUT2D eigenvalue weighted by atomic mass is 9.72. The lowest BCUT2D eigenvalue weighted by molar-refractivity contribution is 0.0201. The van der Waals surface area contributed by atoms with Gasteiger partial charge >= 0.3 is 0 Å². The van der Waals surface area contributed by atoms with Crippen LogP contribution in [0.2, 0.25) is 0 Å². The Hall–Kier alpha value is -3.38. The van der Waals surface area contributed by atoms with E-state index in [0.717, 1.165) is 71.4 Å². The highest BCUT2D eigenvalue weighted by atomic mass is 16.5. The van der Waals surface area contributed by atoms with Crippen molar-refractivity contribution in [2.24, 2.45) is 0 Å². The predicted molar refractivity (Wildman–Crippen MR) is 138 cm³/mol. The lowest BCUT2D eigenvalue weighted by Crippen LogP contribution is -2.32. The molecule has 0 amide bonds. The van der Waals surface area contributed by atoms with E-state index in [1.54, 1.807) is 31.4 Å². The van der Waals surface area contributed by atoms with E-state index in [2.05, 4.69) is 6.92 Å². The zero-order chi connectivity index (χ0) is 25.4. The number of methoxy groups -OCH3 is 2. The number of rotatable bonds is 7. The molecule has 1 heterocycles.